The molecule has 0 aromatic heterocycles. The normalized spacial score (nSPS) is 15.1. The summed E-state index contributed by atoms with van der Waals surface area (Å²) in [4.78, 5) is 22.8. The molecule has 0 aliphatic rings. The van der Waals surface area contributed by atoms with Crippen molar-refractivity contribution >= 4 is 11.9 Å². The molecule has 1 N–H and O–H groups in total. The first-order valence-electron chi connectivity index (χ1n) is 8.74. The van der Waals surface area contributed by atoms with E-state index in [0.717, 1.165) is 25.7 Å². The highest BCUT2D eigenvalue weighted by molar-refractivity contribution is 5.71. The van der Waals surface area contributed by atoms with Crippen LogP contribution in [0, 0.1) is 0 Å². The van der Waals surface area contributed by atoms with Gasteiger partial charge >= 0.3 is 11.9 Å². The lowest BCUT2D eigenvalue weighted by Crippen LogP contribution is -3.00. The van der Waals surface area contributed by atoms with Crippen molar-refractivity contribution in [2.75, 3.05) is 27.6 Å². The number of halogens is 1. The highest BCUT2D eigenvalue weighted by Crippen LogP contribution is 2.10. The van der Waals surface area contributed by atoms with Gasteiger partial charge in [-0.3, -0.25) is 9.59 Å². The third-order valence-corrected chi connectivity index (χ3v) is 2.84. The highest BCUT2D eigenvalue weighted by Gasteiger charge is 2.24. The molecule has 0 saturated heterocycles. The average molecular weight is 327 g/mol. The Morgan fingerprint density at radius 3 is 2.38 bits per heavy atom. The highest BCUT2D eigenvalue weighted by atomic mass is 35.5. The number of esters is 1. The molecule has 6 heteroatoms. The first-order chi connectivity index (χ1) is 10.5. The number of likely N-dealkylation sites (N-methyl/N-ethyl adjacent to an activating group) is 1. The van der Waals surface area contributed by atoms with E-state index in [1.807, 2.05) is 0 Å². The van der Waals surface area contributed by atoms with Gasteiger partial charge in [0, 0.05) is 6.42 Å². The topological polar surface area (TPSA) is 63.6 Å². The van der Waals surface area contributed by atoms with Crippen molar-refractivity contribution < 1.29 is 40.4 Å². The molecule has 126 valence electrons. The molecule has 1 atom stereocenters. The van der Waals surface area contributed by atoms with Crippen LogP contribution in [0.15, 0.2) is 0 Å². The lowest BCUT2D eigenvalue weighted by Gasteiger charge is -2.28. The smallest absolute Gasteiger partial charge is 0.307 e. The minimum Gasteiger partial charge on any atom is -1.00 e. The van der Waals surface area contributed by atoms with Crippen LogP contribution in [0.3, 0.4) is 0 Å². The molecule has 5 nitrogen and oxygen atoms in total. The third-order valence-electron chi connectivity index (χ3n) is 2.84. The van der Waals surface area contributed by atoms with Crippen molar-refractivity contribution in [2.45, 2.75) is 58.0 Å². The third kappa shape index (κ3) is 15.4. The Morgan fingerprint density at radius 1 is 1.24 bits per heavy atom. The van der Waals surface area contributed by atoms with Crippen LogP contribution >= 0.6 is 0 Å². The number of ether oxygens (including phenoxy) is 1. The largest absolute Gasteiger partial charge is 1.00 e. The monoisotopic (exact) mass is 326 g/mol. The Morgan fingerprint density at radius 2 is 1.86 bits per heavy atom. The molecule has 21 heavy (non-hydrogen) atoms. The Bertz CT molecular complexity index is 389. The van der Waals surface area contributed by atoms with E-state index in [2.05, 4.69) is 6.92 Å². The van der Waals surface area contributed by atoms with Crippen molar-refractivity contribution in [3.05, 3.63) is 0 Å². The predicted octanol–water partition coefficient (Wildman–Crippen LogP) is -0.556. The number of quaternary nitrogens is 1. The second kappa shape index (κ2) is 11.8. The fraction of sp³-hybridized carbons (Fsp3) is 0.867. The maximum Gasteiger partial charge on any atom is 0.307 e. The number of rotatable bonds is 11. The van der Waals surface area contributed by atoms with Crippen LogP contribution in [0.2, 0.25) is 0 Å². The molecule has 0 aromatic rings. The van der Waals surface area contributed by atoms with Crippen molar-refractivity contribution in [2.24, 2.45) is 0 Å². The first-order valence-corrected chi connectivity index (χ1v) is 7.24. The number of carboxylic acids is 1. The van der Waals surface area contributed by atoms with Gasteiger partial charge in [0.15, 0.2) is 6.10 Å². The number of unbranched alkanes of at least 4 members (excludes halogenated alkanes) is 4. The van der Waals surface area contributed by atoms with Gasteiger partial charge in [-0.05, 0) is 6.42 Å². The maximum atomic E-state index is 11.8. The summed E-state index contributed by atoms with van der Waals surface area (Å²) in [6.07, 6.45) is 3.85. The molecule has 0 aliphatic heterocycles. The number of carbonyl (C=O) groups is 2. The van der Waals surface area contributed by atoms with Crippen LogP contribution < -0.4 is 12.4 Å². The zero-order valence-corrected chi connectivity index (χ0v) is 14.0. The summed E-state index contributed by atoms with van der Waals surface area (Å²) in [7, 11) is 2.95. The van der Waals surface area contributed by atoms with E-state index < -0.39 is 29.5 Å². The summed E-state index contributed by atoms with van der Waals surface area (Å²) in [5.41, 5.74) is 0. The zero-order valence-electron chi connectivity index (χ0n) is 16.2. The lowest BCUT2D eigenvalue weighted by molar-refractivity contribution is -0.873. The molecule has 0 heterocycles. The summed E-state index contributed by atoms with van der Waals surface area (Å²) in [5, 5.41) is 8.93. The molecule has 0 amide bonds. The van der Waals surface area contributed by atoms with E-state index in [0.29, 0.717) is 6.42 Å². The van der Waals surface area contributed by atoms with Gasteiger partial charge in [0.1, 0.15) is 6.54 Å². The molecule has 0 aromatic carbocycles. The van der Waals surface area contributed by atoms with E-state index in [-0.39, 0.29) is 31.8 Å². The fourth-order valence-corrected chi connectivity index (χ4v) is 1.97. The van der Waals surface area contributed by atoms with Crippen LogP contribution in [0.5, 0.6) is 0 Å². The van der Waals surface area contributed by atoms with Crippen LogP contribution in [0.25, 0.3) is 0 Å². The number of carbonyl (C=O) groups excluding carboxylic acids is 1. The van der Waals surface area contributed by atoms with Crippen molar-refractivity contribution in [3.63, 3.8) is 0 Å². The fourth-order valence-electron chi connectivity index (χ4n) is 1.97. The molecule has 0 bridgehead atoms. The number of carboxylic acid groups (broad SMARTS) is 1. The molecular weight excluding hydrogens is 294 g/mol. The molecule has 0 unspecified atom stereocenters. The van der Waals surface area contributed by atoms with Crippen molar-refractivity contribution in [3.8, 4) is 0 Å². The van der Waals surface area contributed by atoms with Crippen LogP contribution in [-0.2, 0) is 14.3 Å². The number of nitrogens with zero attached hydrogens (tertiary/aromatic N) is 1. The summed E-state index contributed by atoms with van der Waals surface area (Å²) in [5.74, 6) is -1.57. The number of hydrogen-bond donors (Lipinski definition) is 1. The maximum absolute atomic E-state index is 11.8. The Labute approximate surface area is 138 Å². The molecule has 0 radical (unpaired) electrons. The standard InChI is InChI=1S/C15H29NO4.ClH/c1-5-6-7-8-9-10-15(19)20-13(11-14(17)18)12-16(2,3)4;/h13H,5-12H2,1-4H3;1H/t13-;/m0./s1/i2D3;. The van der Waals surface area contributed by atoms with Gasteiger partial charge in [0.25, 0.3) is 0 Å². The minimum atomic E-state index is -2.30. The van der Waals surface area contributed by atoms with Crippen LogP contribution in [0.1, 0.15) is 56.0 Å². The Hall–Kier alpha value is -0.810. The Balaban J connectivity index is 0. The van der Waals surface area contributed by atoms with E-state index in [1.165, 1.54) is 14.1 Å². The lowest BCUT2D eigenvalue weighted by atomic mass is 10.1. The summed E-state index contributed by atoms with van der Waals surface area (Å²) < 4.78 is 27.3. The minimum absolute atomic E-state index is 0. The predicted molar refractivity (Wildman–Crippen MR) is 78.4 cm³/mol. The van der Waals surface area contributed by atoms with Gasteiger partial charge in [-0.2, -0.15) is 0 Å². The quantitative estimate of drug-likeness (QED) is 0.314. The van der Waals surface area contributed by atoms with E-state index in [1.54, 1.807) is 0 Å². The molecule has 0 rings (SSSR count). The van der Waals surface area contributed by atoms with Gasteiger partial charge in [-0.1, -0.05) is 32.6 Å². The zero-order chi connectivity index (χ0) is 18.1. The molecule has 0 spiro atoms. The van der Waals surface area contributed by atoms with Crippen molar-refractivity contribution in [1.29, 1.82) is 0 Å². The van der Waals surface area contributed by atoms with Gasteiger partial charge in [-0.15, -0.1) is 0 Å². The molecule has 0 saturated carbocycles. The van der Waals surface area contributed by atoms with E-state index in [4.69, 9.17) is 14.0 Å². The van der Waals surface area contributed by atoms with Gasteiger partial charge in [-0.25, -0.2) is 0 Å². The summed E-state index contributed by atoms with van der Waals surface area (Å²) in [6, 6.07) is 0. The van der Waals surface area contributed by atoms with Crippen LogP contribution in [-0.4, -0.2) is 55.2 Å². The first kappa shape index (κ1) is 16.6. The van der Waals surface area contributed by atoms with Crippen molar-refractivity contribution in [1.82, 2.24) is 0 Å². The van der Waals surface area contributed by atoms with Gasteiger partial charge in [0.2, 0.25) is 0 Å². The Kier molecular flexibility index (Phi) is 9.31. The average Bonchev–Trinajstić information content (AvgIpc) is 2.35. The molecule has 0 aliphatic carbocycles. The number of hydrogen-bond acceptors (Lipinski definition) is 3. The van der Waals surface area contributed by atoms with Gasteiger partial charge < -0.3 is 26.7 Å². The second-order valence-electron chi connectivity index (χ2n) is 5.74. The number of aliphatic carboxylic acids is 1. The van der Waals surface area contributed by atoms with E-state index >= 15 is 0 Å². The molecular formula is C15H30ClNO4. The molecule has 0 fully saturated rings. The summed E-state index contributed by atoms with van der Waals surface area (Å²) >= 11 is 0. The van der Waals surface area contributed by atoms with Crippen LogP contribution in [0.4, 0.5) is 0 Å². The SMILES string of the molecule is [2H]C([2H])([2H])[N+](C)(C)C[C@H](CC(=O)O)OC(=O)CCCCCCC.[Cl-]. The second-order valence-corrected chi connectivity index (χ2v) is 5.74. The van der Waals surface area contributed by atoms with Gasteiger partial charge in [0.05, 0.1) is 31.6 Å². The van der Waals surface area contributed by atoms with E-state index in [9.17, 15) is 9.59 Å². The summed E-state index contributed by atoms with van der Waals surface area (Å²) in [6.45, 7) is -0.261.